The molecule has 194 valence electrons. The van der Waals surface area contributed by atoms with Gasteiger partial charge in [-0.15, -0.1) is 0 Å². The molecular weight excluding hydrogens is 470 g/mol. The SMILES string of the molecule is COC1(C)C(=O)C(=O)C(C)C(Oc2cc(C)c(C(=O)NCCc3ccc(O)c(O)c3)c(O)c2C)C1O. The molecule has 0 bridgehead atoms. The van der Waals surface area contributed by atoms with E-state index in [0.717, 1.165) is 0 Å². The Kier molecular flexibility index (Phi) is 7.61. The number of benzene rings is 2. The summed E-state index contributed by atoms with van der Waals surface area (Å²) in [6.07, 6.45) is -2.20. The fraction of sp³-hybridized carbons (Fsp3) is 0.423. The quantitative estimate of drug-likeness (QED) is 0.281. The molecule has 1 aliphatic carbocycles. The summed E-state index contributed by atoms with van der Waals surface area (Å²) in [6.45, 7) is 6.14. The van der Waals surface area contributed by atoms with E-state index < -0.39 is 41.2 Å². The number of aryl methyl sites for hydroxylation is 1. The normalized spacial score (nSPS) is 24.0. The molecule has 10 nitrogen and oxygen atoms in total. The van der Waals surface area contributed by atoms with Crippen molar-refractivity contribution in [2.75, 3.05) is 13.7 Å². The molecule has 0 radical (unpaired) electrons. The number of phenols is 3. The van der Waals surface area contributed by atoms with Gasteiger partial charge in [0, 0.05) is 19.2 Å². The van der Waals surface area contributed by atoms with E-state index in [0.29, 0.717) is 17.5 Å². The smallest absolute Gasteiger partial charge is 0.255 e. The average molecular weight is 502 g/mol. The van der Waals surface area contributed by atoms with Crippen molar-refractivity contribution in [2.24, 2.45) is 5.92 Å². The summed E-state index contributed by atoms with van der Waals surface area (Å²) in [6, 6.07) is 5.89. The number of amides is 1. The molecule has 0 spiro atoms. The third-order valence-corrected chi connectivity index (χ3v) is 6.81. The van der Waals surface area contributed by atoms with Gasteiger partial charge in [-0.25, -0.2) is 0 Å². The Labute approximate surface area is 208 Å². The number of hydrogen-bond donors (Lipinski definition) is 5. The van der Waals surface area contributed by atoms with Crippen molar-refractivity contribution in [2.45, 2.75) is 51.9 Å². The Morgan fingerprint density at radius 2 is 1.78 bits per heavy atom. The van der Waals surface area contributed by atoms with Crippen molar-refractivity contribution in [1.82, 2.24) is 5.32 Å². The van der Waals surface area contributed by atoms with E-state index in [-0.39, 0.29) is 40.7 Å². The number of nitrogens with one attached hydrogen (secondary N) is 1. The fourth-order valence-electron chi connectivity index (χ4n) is 4.26. The zero-order chi connectivity index (χ0) is 26.9. The first-order chi connectivity index (χ1) is 16.8. The van der Waals surface area contributed by atoms with Gasteiger partial charge in [0.15, 0.2) is 17.1 Å². The number of methoxy groups -OCH3 is 1. The van der Waals surface area contributed by atoms with Crippen LogP contribution in [0.4, 0.5) is 0 Å². The minimum atomic E-state index is -1.77. The molecule has 4 atom stereocenters. The standard InChI is InChI=1S/C26H31NO9/c1-12-10-18(36-22-14(3)21(31)23(32)26(4,35-5)24(22)33)13(2)20(30)19(12)25(34)27-9-8-15-6-7-16(28)17(29)11-15/h6-7,10-11,14,22,24,28-30,33H,8-9H2,1-5H3,(H,27,34). The van der Waals surface area contributed by atoms with Gasteiger partial charge in [0.25, 0.3) is 5.91 Å². The number of rotatable bonds is 7. The van der Waals surface area contributed by atoms with E-state index in [2.05, 4.69) is 5.32 Å². The minimum Gasteiger partial charge on any atom is -0.507 e. The number of carbonyl (C=O) groups excluding carboxylic acids is 3. The fourth-order valence-corrected chi connectivity index (χ4v) is 4.26. The van der Waals surface area contributed by atoms with Gasteiger partial charge in [-0.05, 0) is 56.5 Å². The highest BCUT2D eigenvalue weighted by atomic mass is 16.5. The van der Waals surface area contributed by atoms with Crippen molar-refractivity contribution in [3.8, 4) is 23.0 Å². The highest BCUT2D eigenvalue weighted by Gasteiger charge is 2.57. The Balaban J connectivity index is 1.79. The average Bonchev–Trinajstić information content (AvgIpc) is 2.84. The van der Waals surface area contributed by atoms with Crippen LogP contribution < -0.4 is 10.1 Å². The van der Waals surface area contributed by atoms with Crippen LogP contribution in [0.25, 0.3) is 0 Å². The molecule has 0 aliphatic heterocycles. The highest BCUT2D eigenvalue weighted by Crippen LogP contribution is 2.38. The van der Waals surface area contributed by atoms with Gasteiger partial charge in [0.1, 0.15) is 23.7 Å². The Morgan fingerprint density at radius 1 is 1.11 bits per heavy atom. The number of Topliss-reactive ketones (excluding diaryl/α,β-unsaturated/α-hetero) is 2. The Hall–Kier alpha value is -3.63. The predicted molar refractivity (Wildman–Crippen MR) is 128 cm³/mol. The van der Waals surface area contributed by atoms with E-state index in [1.807, 2.05) is 0 Å². The van der Waals surface area contributed by atoms with E-state index in [1.54, 1.807) is 13.0 Å². The lowest BCUT2D eigenvalue weighted by Crippen LogP contribution is -2.65. The molecule has 2 aromatic carbocycles. The van der Waals surface area contributed by atoms with Gasteiger partial charge in [-0.2, -0.15) is 0 Å². The van der Waals surface area contributed by atoms with Crippen LogP contribution in [0.5, 0.6) is 23.0 Å². The molecule has 1 aliphatic rings. The van der Waals surface area contributed by atoms with Crippen LogP contribution in [-0.2, 0) is 20.7 Å². The second-order valence-corrected chi connectivity index (χ2v) is 9.19. The monoisotopic (exact) mass is 501 g/mol. The number of hydrogen-bond acceptors (Lipinski definition) is 9. The molecule has 0 aromatic heterocycles. The molecule has 5 N–H and O–H groups in total. The van der Waals surface area contributed by atoms with Crippen molar-refractivity contribution in [3.63, 3.8) is 0 Å². The topological polar surface area (TPSA) is 163 Å². The summed E-state index contributed by atoms with van der Waals surface area (Å²) < 4.78 is 11.1. The first-order valence-electron chi connectivity index (χ1n) is 11.4. The van der Waals surface area contributed by atoms with Crippen LogP contribution >= 0.6 is 0 Å². The molecule has 10 heteroatoms. The van der Waals surface area contributed by atoms with Crippen molar-refractivity contribution in [3.05, 3.63) is 46.5 Å². The lowest BCUT2D eigenvalue weighted by Gasteiger charge is -2.42. The summed E-state index contributed by atoms with van der Waals surface area (Å²) >= 11 is 0. The molecule has 3 rings (SSSR count). The number of ketones is 2. The van der Waals surface area contributed by atoms with Gasteiger partial charge in [0.2, 0.25) is 11.6 Å². The molecule has 1 fully saturated rings. The largest absolute Gasteiger partial charge is 0.507 e. The van der Waals surface area contributed by atoms with Crippen LogP contribution in [0, 0.1) is 19.8 Å². The van der Waals surface area contributed by atoms with Crippen LogP contribution in [0.2, 0.25) is 0 Å². The van der Waals surface area contributed by atoms with Crippen molar-refractivity contribution < 1.29 is 44.3 Å². The number of aliphatic hydroxyl groups excluding tert-OH is 1. The number of aromatic hydroxyl groups is 3. The van der Waals surface area contributed by atoms with Crippen LogP contribution in [-0.4, -0.2) is 69.4 Å². The first-order valence-corrected chi connectivity index (χ1v) is 11.4. The van der Waals surface area contributed by atoms with Crippen molar-refractivity contribution >= 4 is 17.5 Å². The van der Waals surface area contributed by atoms with Gasteiger partial charge < -0.3 is 35.2 Å². The first kappa shape index (κ1) is 27.0. The molecule has 0 saturated heterocycles. The third kappa shape index (κ3) is 4.74. The number of ether oxygens (including phenoxy) is 2. The highest BCUT2D eigenvalue weighted by molar-refractivity contribution is 6.42. The van der Waals surface area contributed by atoms with Gasteiger partial charge in [-0.3, -0.25) is 14.4 Å². The number of carbonyl (C=O) groups is 3. The van der Waals surface area contributed by atoms with E-state index in [9.17, 15) is 34.8 Å². The van der Waals surface area contributed by atoms with Crippen molar-refractivity contribution in [1.29, 1.82) is 0 Å². The molecule has 1 amide bonds. The maximum Gasteiger partial charge on any atom is 0.255 e. The maximum absolute atomic E-state index is 12.8. The molecular formula is C26H31NO9. The van der Waals surface area contributed by atoms with Crippen LogP contribution in [0.3, 0.4) is 0 Å². The molecule has 4 unspecified atom stereocenters. The Morgan fingerprint density at radius 3 is 2.39 bits per heavy atom. The third-order valence-electron chi connectivity index (χ3n) is 6.81. The van der Waals surface area contributed by atoms with E-state index >= 15 is 0 Å². The van der Waals surface area contributed by atoms with E-state index in [4.69, 9.17) is 9.47 Å². The zero-order valence-corrected chi connectivity index (χ0v) is 20.8. The summed E-state index contributed by atoms with van der Waals surface area (Å²) in [4.78, 5) is 37.7. The van der Waals surface area contributed by atoms with Gasteiger partial charge in [0.05, 0.1) is 11.5 Å². The number of aliphatic hydroxyl groups is 1. The predicted octanol–water partition coefficient (Wildman–Crippen LogP) is 1.69. The summed E-state index contributed by atoms with van der Waals surface area (Å²) in [5, 5.41) is 43.3. The lowest BCUT2D eigenvalue weighted by atomic mass is 9.74. The summed E-state index contributed by atoms with van der Waals surface area (Å²) in [7, 11) is 1.22. The maximum atomic E-state index is 12.8. The molecule has 2 aromatic rings. The van der Waals surface area contributed by atoms with Crippen LogP contribution in [0.1, 0.15) is 40.9 Å². The Bertz CT molecular complexity index is 1210. The molecule has 36 heavy (non-hydrogen) atoms. The second-order valence-electron chi connectivity index (χ2n) is 9.19. The second kappa shape index (κ2) is 10.2. The molecule has 1 saturated carbocycles. The minimum absolute atomic E-state index is 0.0404. The van der Waals surface area contributed by atoms with Crippen LogP contribution in [0.15, 0.2) is 24.3 Å². The molecule has 0 heterocycles. The number of phenolic OH excluding ortho intramolecular Hbond substituents is 3. The van der Waals surface area contributed by atoms with Gasteiger partial charge in [-0.1, -0.05) is 13.0 Å². The summed E-state index contributed by atoms with van der Waals surface area (Å²) in [5.74, 6) is -3.72. The summed E-state index contributed by atoms with van der Waals surface area (Å²) in [5.41, 5.74) is -0.422. The lowest BCUT2D eigenvalue weighted by molar-refractivity contribution is -0.184. The zero-order valence-electron chi connectivity index (χ0n) is 20.8. The van der Waals surface area contributed by atoms with Gasteiger partial charge >= 0.3 is 0 Å². The van der Waals surface area contributed by atoms with E-state index in [1.165, 1.54) is 46.1 Å².